The largest absolute Gasteiger partial charge is 0.426 e. The van der Waals surface area contributed by atoms with E-state index in [1.807, 2.05) is 30.3 Å². The Labute approximate surface area is 195 Å². The minimum Gasteiger partial charge on any atom is -0.426 e. The van der Waals surface area contributed by atoms with Crippen molar-refractivity contribution in [2.24, 2.45) is 5.92 Å². The van der Waals surface area contributed by atoms with E-state index >= 15 is 0 Å². The molecule has 1 aliphatic rings. The molecule has 2 amide bonds. The van der Waals surface area contributed by atoms with Crippen LogP contribution in [-0.4, -0.2) is 74.8 Å². The number of carbonyl (C=O) groups excluding carboxylic acids is 4. The van der Waals surface area contributed by atoms with Crippen LogP contribution >= 0.6 is 11.8 Å². The standard InChI is InChI=1S/C21H29N3O8S/c1-14(13-33-21(28)31-15(2)32-24(29)30)20(27)23-10-6-9-18(23)19(26)22-17(12-25)11-16-7-4-3-5-8-16/h3-5,7-8,12,14-15,17-18,29-30H,6,9-11,13H2,1-2H3,(H,22,26)/t14-,15?,17-,18+/m1/s1. The fraction of sp³-hybridized carbons (Fsp3) is 0.524. The number of hydrogen-bond acceptors (Lipinski definition) is 10. The molecule has 1 saturated heterocycles. The van der Waals surface area contributed by atoms with Crippen molar-refractivity contribution in [1.82, 2.24) is 15.6 Å². The lowest BCUT2D eigenvalue weighted by Crippen LogP contribution is -2.51. The number of likely N-dealkylation sites (tertiary alicyclic amines) is 1. The van der Waals surface area contributed by atoms with Crippen molar-refractivity contribution in [3.05, 3.63) is 35.9 Å². The quantitative estimate of drug-likeness (QED) is 0.184. The van der Waals surface area contributed by atoms with E-state index in [-0.39, 0.29) is 17.6 Å². The number of rotatable bonds is 11. The predicted octanol–water partition coefficient (Wildman–Crippen LogP) is 1.77. The third kappa shape index (κ3) is 8.74. The zero-order valence-corrected chi connectivity index (χ0v) is 19.3. The molecule has 1 heterocycles. The molecule has 11 nitrogen and oxygen atoms in total. The van der Waals surface area contributed by atoms with Gasteiger partial charge >= 0.3 is 5.30 Å². The monoisotopic (exact) mass is 483 g/mol. The van der Waals surface area contributed by atoms with Crippen molar-refractivity contribution >= 4 is 35.2 Å². The van der Waals surface area contributed by atoms with Gasteiger partial charge in [0.05, 0.1) is 11.4 Å². The van der Waals surface area contributed by atoms with Crippen LogP contribution in [0.15, 0.2) is 30.3 Å². The van der Waals surface area contributed by atoms with E-state index < -0.39 is 35.0 Å². The number of nitrogens with zero attached hydrogens (tertiary/aromatic N) is 2. The van der Waals surface area contributed by atoms with Crippen LogP contribution in [0, 0.1) is 5.92 Å². The van der Waals surface area contributed by atoms with E-state index in [0.717, 1.165) is 17.3 Å². The Hall–Kier alpha value is -2.51. The van der Waals surface area contributed by atoms with Gasteiger partial charge in [0.1, 0.15) is 12.3 Å². The van der Waals surface area contributed by atoms with Crippen LogP contribution in [-0.2, 0) is 30.4 Å². The lowest BCUT2D eigenvalue weighted by molar-refractivity contribution is -0.518. The molecule has 12 heteroatoms. The molecule has 1 unspecified atom stereocenters. The number of amides is 2. The molecule has 0 radical (unpaired) electrons. The fourth-order valence-electron chi connectivity index (χ4n) is 3.45. The van der Waals surface area contributed by atoms with E-state index in [4.69, 9.17) is 15.2 Å². The van der Waals surface area contributed by atoms with Gasteiger partial charge in [-0.1, -0.05) is 37.3 Å². The molecular weight excluding hydrogens is 454 g/mol. The lowest BCUT2D eigenvalue weighted by Gasteiger charge is -2.27. The smallest absolute Gasteiger partial charge is 0.369 e. The molecule has 0 saturated carbocycles. The Balaban J connectivity index is 1.86. The summed E-state index contributed by atoms with van der Waals surface area (Å²) in [7, 11) is 0. The van der Waals surface area contributed by atoms with Crippen molar-refractivity contribution in [2.75, 3.05) is 12.3 Å². The first-order valence-corrected chi connectivity index (χ1v) is 11.5. The first-order chi connectivity index (χ1) is 15.7. The van der Waals surface area contributed by atoms with Crippen LogP contribution in [0.3, 0.4) is 0 Å². The van der Waals surface area contributed by atoms with Crippen molar-refractivity contribution in [1.29, 1.82) is 0 Å². The van der Waals surface area contributed by atoms with Crippen LogP contribution in [0.4, 0.5) is 4.79 Å². The maximum absolute atomic E-state index is 12.9. The average molecular weight is 484 g/mol. The molecule has 33 heavy (non-hydrogen) atoms. The van der Waals surface area contributed by atoms with Crippen molar-refractivity contribution in [3.63, 3.8) is 0 Å². The first kappa shape index (κ1) is 26.7. The summed E-state index contributed by atoms with van der Waals surface area (Å²) >= 11 is 0.735. The van der Waals surface area contributed by atoms with Gasteiger partial charge in [-0.15, -0.1) is 0 Å². The molecule has 0 spiro atoms. The Morgan fingerprint density at radius 3 is 2.61 bits per heavy atom. The van der Waals surface area contributed by atoms with Gasteiger partial charge in [0.2, 0.25) is 18.1 Å². The normalized spacial score (nSPS) is 18.5. The number of nitrogens with one attached hydrogen (secondary N) is 1. The summed E-state index contributed by atoms with van der Waals surface area (Å²) < 4.78 is 4.80. The zero-order valence-electron chi connectivity index (χ0n) is 18.5. The highest BCUT2D eigenvalue weighted by atomic mass is 32.2. The van der Waals surface area contributed by atoms with E-state index in [1.54, 1.807) is 6.92 Å². The average Bonchev–Trinajstić information content (AvgIpc) is 3.26. The van der Waals surface area contributed by atoms with Crippen LogP contribution < -0.4 is 5.32 Å². The summed E-state index contributed by atoms with van der Waals surface area (Å²) in [4.78, 5) is 54.8. The van der Waals surface area contributed by atoms with Gasteiger partial charge in [-0.25, -0.2) is 9.63 Å². The van der Waals surface area contributed by atoms with Crippen LogP contribution in [0.25, 0.3) is 0 Å². The number of aldehydes is 1. The highest BCUT2D eigenvalue weighted by molar-refractivity contribution is 8.13. The number of thioether (sulfide) groups is 1. The lowest BCUT2D eigenvalue weighted by atomic mass is 10.1. The van der Waals surface area contributed by atoms with E-state index in [9.17, 15) is 19.2 Å². The molecule has 1 aromatic carbocycles. The summed E-state index contributed by atoms with van der Waals surface area (Å²) in [6, 6.07) is 7.94. The minimum absolute atomic E-state index is 0.0994. The van der Waals surface area contributed by atoms with Crippen molar-refractivity contribution in [3.8, 4) is 0 Å². The molecule has 1 aliphatic heterocycles. The second kappa shape index (κ2) is 13.3. The van der Waals surface area contributed by atoms with Gasteiger partial charge in [-0.05, 0) is 36.6 Å². The molecule has 1 aromatic rings. The van der Waals surface area contributed by atoms with Gasteiger partial charge in [-0.2, -0.15) is 0 Å². The summed E-state index contributed by atoms with van der Waals surface area (Å²) in [5, 5.41) is 18.5. The predicted molar refractivity (Wildman–Crippen MR) is 117 cm³/mol. The van der Waals surface area contributed by atoms with Crippen molar-refractivity contribution < 1.29 is 39.2 Å². The molecule has 3 N–H and O–H groups in total. The molecule has 4 atom stereocenters. The second-order valence-electron chi connectivity index (χ2n) is 7.64. The second-order valence-corrected chi connectivity index (χ2v) is 8.59. The maximum Gasteiger partial charge on any atom is 0.369 e. The number of benzene rings is 1. The maximum atomic E-state index is 12.9. The summed E-state index contributed by atoms with van der Waals surface area (Å²) in [5.74, 6) is -1.13. The molecule has 2 rings (SSSR count). The van der Waals surface area contributed by atoms with Gasteiger partial charge < -0.3 is 19.7 Å². The van der Waals surface area contributed by atoms with Crippen molar-refractivity contribution in [2.45, 2.75) is 51.5 Å². The highest BCUT2D eigenvalue weighted by Gasteiger charge is 2.36. The summed E-state index contributed by atoms with van der Waals surface area (Å²) in [6.45, 7) is 3.33. The SMILES string of the molecule is CC(OC(=O)SC[C@@H](C)C(=O)N1CCC[C@H]1C(=O)N[C@@H](C=O)Cc1ccccc1)ON(O)O. The number of hydrogen-bond donors (Lipinski definition) is 3. The molecule has 0 aromatic heterocycles. The fourth-order valence-corrected chi connectivity index (χ4v) is 4.19. The molecule has 0 bridgehead atoms. The molecular formula is C21H29N3O8S. The number of carbonyl (C=O) groups is 4. The Morgan fingerprint density at radius 2 is 1.97 bits per heavy atom. The Bertz CT molecular complexity index is 810. The van der Waals surface area contributed by atoms with Gasteiger partial charge in [0, 0.05) is 25.1 Å². The first-order valence-electron chi connectivity index (χ1n) is 10.5. The third-order valence-corrected chi connectivity index (χ3v) is 6.01. The Kier molecular flexibility index (Phi) is 10.7. The molecule has 0 aliphatic carbocycles. The molecule has 182 valence electrons. The van der Waals surface area contributed by atoms with Crippen LogP contribution in [0.2, 0.25) is 0 Å². The third-order valence-electron chi connectivity index (χ3n) is 5.01. The zero-order chi connectivity index (χ0) is 24.4. The summed E-state index contributed by atoms with van der Waals surface area (Å²) in [6.07, 6.45) is 0.958. The van der Waals surface area contributed by atoms with E-state index in [1.165, 1.54) is 11.8 Å². The van der Waals surface area contributed by atoms with Gasteiger partial charge in [0.25, 0.3) is 0 Å². The highest BCUT2D eigenvalue weighted by Crippen LogP contribution is 2.23. The van der Waals surface area contributed by atoms with Gasteiger partial charge in [0.15, 0.2) is 0 Å². The summed E-state index contributed by atoms with van der Waals surface area (Å²) in [5.41, 5.74) is 0.914. The topological polar surface area (TPSA) is 146 Å². The van der Waals surface area contributed by atoms with Crippen LogP contribution in [0.1, 0.15) is 32.3 Å². The van der Waals surface area contributed by atoms with E-state index in [2.05, 4.69) is 10.2 Å². The van der Waals surface area contributed by atoms with E-state index in [0.29, 0.717) is 32.1 Å². The molecule has 1 fully saturated rings. The van der Waals surface area contributed by atoms with Crippen LogP contribution in [0.5, 0.6) is 0 Å². The minimum atomic E-state index is -1.24. The van der Waals surface area contributed by atoms with Gasteiger partial charge in [-0.3, -0.25) is 20.0 Å². The number of ether oxygens (including phenoxy) is 1. The Morgan fingerprint density at radius 1 is 1.27 bits per heavy atom.